The third-order valence-electron chi connectivity index (χ3n) is 2.79. The van der Waals surface area contributed by atoms with Crippen molar-refractivity contribution in [2.24, 2.45) is 0 Å². The van der Waals surface area contributed by atoms with Gasteiger partial charge in [0.1, 0.15) is 0 Å². The second-order valence-corrected chi connectivity index (χ2v) is 4.04. The fourth-order valence-electron chi connectivity index (χ4n) is 1.61. The van der Waals surface area contributed by atoms with Gasteiger partial charge in [-0.2, -0.15) is 5.21 Å². The molecule has 5 nitrogen and oxygen atoms in total. The number of aromatic nitrogens is 4. The Morgan fingerprint density at radius 1 is 1.24 bits per heavy atom. The lowest BCUT2D eigenvalue weighted by Gasteiger charge is -2.10. The molecule has 5 heteroatoms. The highest BCUT2D eigenvalue weighted by atomic mass is 15.5. The quantitative estimate of drug-likeness (QED) is 0.820. The van der Waals surface area contributed by atoms with Crippen molar-refractivity contribution in [3.05, 3.63) is 41.2 Å². The number of nitrogens with one attached hydrogen (secondary N) is 2. The number of hydrogen-bond acceptors (Lipinski definition) is 4. The van der Waals surface area contributed by atoms with Crippen LogP contribution in [0.25, 0.3) is 0 Å². The van der Waals surface area contributed by atoms with E-state index >= 15 is 0 Å². The van der Waals surface area contributed by atoms with Crippen LogP contribution in [-0.4, -0.2) is 20.6 Å². The number of benzene rings is 1. The van der Waals surface area contributed by atoms with Gasteiger partial charge >= 0.3 is 0 Å². The molecule has 1 atom stereocenters. The molecule has 17 heavy (non-hydrogen) atoms. The van der Waals surface area contributed by atoms with E-state index in [0.29, 0.717) is 5.82 Å². The molecule has 2 N–H and O–H groups in total. The van der Waals surface area contributed by atoms with Gasteiger partial charge < -0.3 is 5.32 Å². The molecule has 0 saturated heterocycles. The summed E-state index contributed by atoms with van der Waals surface area (Å²) in [7, 11) is 0. The molecule has 0 aliphatic heterocycles. The van der Waals surface area contributed by atoms with Crippen LogP contribution in [0.2, 0.25) is 0 Å². The zero-order valence-electron chi connectivity index (χ0n) is 10.1. The van der Waals surface area contributed by atoms with Crippen LogP contribution in [0.3, 0.4) is 0 Å². The zero-order chi connectivity index (χ0) is 12.1. The average molecular weight is 231 g/mol. The van der Waals surface area contributed by atoms with E-state index in [2.05, 4.69) is 57.1 Å². The van der Waals surface area contributed by atoms with Gasteiger partial charge in [0.25, 0.3) is 0 Å². The molecule has 1 aromatic carbocycles. The van der Waals surface area contributed by atoms with Crippen LogP contribution in [0.1, 0.15) is 36.8 Å². The third kappa shape index (κ3) is 3.10. The number of rotatable bonds is 5. The highest BCUT2D eigenvalue weighted by Gasteiger charge is 2.08. The minimum Gasteiger partial charge on any atom is -0.303 e. The molecule has 0 bridgehead atoms. The Balaban J connectivity index is 1.89. The Bertz CT molecular complexity index is 434. The van der Waals surface area contributed by atoms with E-state index in [4.69, 9.17) is 0 Å². The maximum absolute atomic E-state index is 3.95. The van der Waals surface area contributed by atoms with Crippen LogP contribution >= 0.6 is 0 Å². The number of hydrogen-bond donors (Lipinski definition) is 2. The summed E-state index contributed by atoms with van der Waals surface area (Å²) in [6.45, 7) is 4.98. The Labute approximate surface area is 101 Å². The van der Waals surface area contributed by atoms with Crippen LogP contribution in [0.4, 0.5) is 0 Å². The van der Waals surface area contributed by atoms with Crippen LogP contribution in [0.5, 0.6) is 0 Å². The number of nitrogens with zero attached hydrogens (tertiary/aromatic N) is 3. The van der Waals surface area contributed by atoms with Crippen molar-refractivity contribution < 1.29 is 0 Å². The van der Waals surface area contributed by atoms with Gasteiger partial charge in [-0.25, -0.2) is 0 Å². The molecule has 0 aliphatic rings. The van der Waals surface area contributed by atoms with Gasteiger partial charge in [0.15, 0.2) is 5.82 Å². The molecular weight excluding hydrogens is 214 g/mol. The molecule has 1 unspecified atom stereocenters. The molecule has 0 amide bonds. The molecule has 0 saturated carbocycles. The molecular formula is C12H17N5. The smallest absolute Gasteiger partial charge is 0.191 e. The van der Waals surface area contributed by atoms with Crippen molar-refractivity contribution in [3.8, 4) is 0 Å². The summed E-state index contributed by atoms with van der Waals surface area (Å²) in [5.41, 5.74) is 2.62. The Morgan fingerprint density at radius 2 is 1.94 bits per heavy atom. The standard InChI is InChI=1S/C12H17N5/c1-3-10-4-6-11(7-5-10)8-13-9(2)12-14-16-17-15-12/h4-7,9,13H,3,8H2,1-2H3,(H,14,15,16,17). The normalized spacial score (nSPS) is 12.6. The van der Waals surface area contributed by atoms with Crippen LogP contribution < -0.4 is 5.32 Å². The Hall–Kier alpha value is -1.75. The molecule has 2 rings (SSSR count). The minimum atomic E-state index is 0.0969. The second kappa shape index (κ2) is 5.54. The van der Waals surface area contributed by atoms with E-state index in [-0.39, 0.29) is 6.04 Å². The minimum absolute atomic E-state index is 0.0969. The van der Waals surface area contributed by atoms with Gasteiger partial charge in [0.05, 0.1) is 6.04 Å². The number of H-pyrrole nitrogens is 1. The van der Waals surface area contributed by atoms with Crippen molar-refractivity contribution in [2.45, 2.75) is 32.9 Å². The van der Waals surface area contributed by atoms with Gasteiger partial charge in [0.2, 0.25) is 0 Å². The fourth-order valence-corrected chi connectivity index (χ4v) is 1.61. The van der Waals surface area contributed by atoms with Crippen LogP contribution in [0.15, 0.2) is 24.3 Å². The SMILES string of the molecule is CCc1ccc(CNC(C)c2nn[nH]n2)cc1. The summed E-state index contributed by atoms with van der Waals surface area (Å²) < 4.78 is 0. The fraction of sp³-hybridized carbons (Fsp3) is 0.417. The largest absolute Gasteiger partial charge is 0.303 e. The van der Waals surface area contributed by atoms with Crippen molar-refractivity contribution in [3.63, 3.8) is 0 Å². The summed E-state index contributed by atoms with van der Waals surface area (Å²) in [6.07, 6.45) is 1.08. The monoisotopic (exact) mass is 231 g/mol. The maximum atomic E-state index is 3.95. The molecule has 90 valence electrons. The van der Waals surface area contributed by atoms with Gasteiger partial charge in [0, 0.05) is 6.54 Å². The molecule has 0 aliphatic carbocycles. The second-order valence-electron chi connectivity index (χ2n) is 4.04. The molecule has 0 spiro atoms. The highest BCUT2D eigenvalue weighted by Crippen LogP contribution is 2.08. The van der Waals surface area contributed by atoms with Gasteiger partial charge in [-0.3, -0.25) is 0 Å². The van der Waals surface area contributed by atoms with E-state index in [1.54, 1.807) is 0 Å². The lowest BCUT2D eigenvalue weighted by atomic mass is 10.1. The molecule has 0 radical (unpaired) electrons. The predicted octanol–water partition coefficient (Wildman–Crippen LogP) is 1.61. The summed E-state index contributed by atoms with van der Waals surface area (Å²) in [6, 6.07) is 8.72. The van der Waals surface area contributed by atoms with Crippen LogP contribution in [0, 0.1) is 0 Å². The van der Waals surface area contributed by atoms with Crippen LogP contribution in [-0.2, 0) is 13.0 Å². The lowest BCUT2D eigenvalue weighted by Crippen LogP contribution is -2.19. The number of aromatic amines is 1. The molecule has 1 aromatic heterocycles. The Kier molecular flexibility index (Phi) is 3.82. The molecule has 0 fully saturated rings. The first-order valence-electron chi connectivity index (χ1n) is 5.84. The zero-order valence-corrected chi connectivity index (χ0v) is 10.1. The first-order valence-corrected chi connectivity index (χ1v) is 5.84. The van der Waals surface area contributed by atoms with E-state index in [9.17, 15) is 0 Å². The van der Waals surface area contributed by atoms with Gasteiger partial charge in [-0.1, -0.05) is 36.4 Å². The van der Waals surface area contributed by atoms with E-state index < -0.39 is 0 Å². The highest BCUT2D eigenvalue weighted by molar-refractivity contribution is 5.22. The van der Waals surface area contributed by atoms with Crippen molar-refractivity contribution in [1.82, 2.24) is 25.9 Å². The van der Waals surface area contributed by atoms with Crippen molar-refractivity contribution in [2.75, 3.05) is 0 Å². The van der Waals surface area contributed by atoms with E-state index in [1.807, 2.05) is 6.92 Å². The third-order valence-corrected chi connectivity index (χ3v) is 2.79. The summed E-state index contributed by atoms with van der Waals surface area (Å²) in [5.74, 6) is 0.690. The average Bonchev–Trinajstić information content (AvgIpc) is 2.90. The lowest BCUT2D eigenvalue weighted by molar-refractivity contribution is 0.546. The topological polar surface area (TPSA) is 66.5 Å². The summed E-state index contributed by atoms with van der Waals surface area (Å²) in [5, 5.41) is 17.2. The van der Waals surface area contributed by atoms with Crippen molar-refractivity contribution >= 4 is 0 Å². The molecule has 1 heterocycles. The first kappa shape index (κ1) is 11.7. The van der Waals surface area contributed by atoms with E-state index in [0.717, 1.165) is 13.0 Å². The van der Waals surface area contributed by atoms with E-state index in [1.165, 1.54) is 11.1 Å². The summed E-state index contributed by atoms with van der Waals surface area (Å²) in [4.78, 5) is 0. The summed E-state index contributed by atoms with van der Waals surface area (Å²) >= 11 is 0. The van der Waals surface area contributed by atoms with Gasteiger partial charge in [-0.15, -0.1) is 10.2 Å². The maximum Gasteiger partial charge on any atom is 0.191 e. The number of tetrazole rings is 1. The van der Waals surface area contributed by atoms with Gasteiger partial charge in [-0.05, 0) is 24.5 Å². The predicted molar refractivity (Wildman–Crippen MR) is 65.3 cm³/mol. The first-order chi connectivity index (χ1) is 8.29. The Morgan fingerprint density at radius 3 is 2.53 bits per heavy atom. The van der Waals surface area contributed by atoms with Crippen molar-refractivity contribution in [1.29, 1.82) is 0 Å². The molecule has 2 aromatic rings. The number of aryl methyl sites for hydroxylation is 1.